The lowest BCUT2D eigenvalue weighted by Gasteiger charge is -2.15. The second kappa shape index (κ2) is 5.57. The average molecular weight is 237 g/mol. The largest absolute Gasteiger partial charge is 0.494 e. The van der Waals surface area contributed by atoms with Crippen molar-refractivity contribution < 1.29 is 14.6 Å². The second-order valence-electron chi connectivity index (χ2n) is 4.28. The van der Waals surface area contributed by atoms with E-state index in [1.54, 1.807) is 14.0 Å². The van der Waals surface area contributed by atoms with Crippen LogP contribution in [-0.2, 0) is 4.79 Å². The van der Waals surface area contributed by atoms with Crippen LogP contribution < -0.4 is 10.1 Å². The Morgan fingerprint density at radius 2 is 2.12 bits per heavy atom. The zero-order valence-electron chi connectivity index (χ0n) is 10.7. The van der Waals surface area contributed by atoms with Gasteiger partial charge in [0.1, 0.15) is 5.75 Å². The minimum absolute atomic E-state index is 0.384. The van der Waals surface area contributed by atoms with Crippen molar-refractivity contribution >= 4 is 11.7 Å². The van der Waals surface area contributed by atoms with Gasteiger partial charge in [0.2, 0.25) is 0 Å². The number of aliphatic carboxylic acids is 1. The lowest BCUT2D eigenvalue weighted by Crippen LogP contribution is -2.20. The van der Waals surface area contributed by atoms with E-state index in [-0.39, 0.29) is 0 Å². The van der Waals surface area contributed by atoms with Crippen LogP contribution in [0.3, 0.4) is 0 Å². The van der Waals surface area contributed by atoms with Gasteiger partial charge in [-0.05, 0) is 31.0 Å². The molecule has 0 saturated heterocycles. The van der Waals surface area contributed by atoms with Gasteiger partial charge in [0.25, 0.3) is 0 Å². The lowest BCUT2D eigenvalue weighted by atomic mass is 10.1. The predicted octanol–water partition coefficient (Wildman–Crippen LogP) is 2.44. The van der Waals surface area contributed by atoms with E-state index in [2.05, 4.69) is 5.32 Å². The molecule has 0 heterocycles. The Balaban J connectivity index is 2.86. The highest BCUT2D eigenvalue weighted by Crippen LogP contribution is 2.29. The van der Waals surface area contributed by atoms with Gasteiger partial charge in [-0.2, -0.15) is 0 Å². The minimum atomic E-state index is -0.805. The SMILES string of the molecule is COc1c(C)cc(C)cc1NCC(C)C(=O)O. The number of carboxylic acids is 1. The third kappa shape index (κ3) is 3.37. The summed E-state index contributed by atoms with van der Waals surface area (Å²) in [6.07, 6.45) is 0. The molecule has 0 amide bonds. The van der Waals surface area contributed by atoms with Crippen molar-refractivity contribution in [3.05, 3.63) is 23.3 Å². The average Bonchev–Trinajstić information content (AvgIpc) is 2.24. The van der Waals surface area contributed by atoms with Crippen LogP contribution in [0.4, 0.5) is 5.69 Å². The summed E-state index contributed by atoms with van der Waals surface area (Å²) in [5, 5.41) is 11.9. The molecule has 1 aromatic rings. The highest BCUT2D eigenvalue weighted by atomic mass is 16.5. The lowest BCUT2D eigenvalue weighted by molar-refractivity contribution is -0.140. The first-order valence-electron chi connectivity index (χ1n) is 5.57. The van der Waals surface area contributed by atoms with E-state index in [0.29, 0.717) is 6.54 Å². The molecule has 2 N–H and O–H groups in total. The Morgan fingerprint density at radius 1 is 1.47 bits per heavy atom. The van der Waals surface area contributed by atoms with Gasteiger partial charge in [-0.15, -0.1) is 0 Å². The van der Waals surface area contributed by atoms with Crippen LogP contribution in [-0.4, -0.2) is 24.7 Å². The number of methoxy groups -OCH3 is 1. The molecule has 17 heavy (non-hydrogen) atoms. The van der Waals surface area contributed by atoms with Gasteiger partial charge in [-0.3, -0.25) is 4.79 Å². The van der Waals surface area contributed by atoms with Crippen LogP contribution in [0.15, 0.2) is 12.1 Å². The molecule has 0 radical (unpaired) electrons. The van der Waals surface area contributed by atoms with E-state index in [0.717, 1.165) is 22.6 Å². The second-order valence-corrected chi connectivity index (χ2v) is 4.28. The Morgan fingerprint density at radius 3 is 2.65 bits per heavy atom. The number of benzene rings is 1. The molecule has 0 bridgehead atoms. The molecule has 4 heteroatoms. The number of carboxylic acid groups (broad SMARTS) is 1. The highest BCUT2D eigenvalue weighted by Gasteiger charge is 2.12. The summed E-state index contributed by atoms with van der Waals surface area (Å²) < 4.78 is 5.31. The van der Waals surface area contributed by atoms with E-state index in [4.69, 9.17) is 9.84 Å². The fourth-order valence-electron chi connectivity index (χ4n) is 1.71. The molecule has 0 aromatic heterocycles. The number of anilines is 1. The molecule has 94 valence electrons. The first-order chi connectivity index (χ1) is 7.95. The molecule has 0 fully saturated rings. The van der Waals surface area contributed by atoms with Crippen LogP contribution in [0.1, 0.15) is 18.1 Å². The van der Waals surface area contributed by atoms with Crippen LogP contribution >= 0.6 is 0 Å². The van der Waals surface area contributed by atoms with Crippen molar-refractivity contribution in [1.82, 2.24) is 0 Å². The fourth-order valence-corrected chi connectivity index (χ4v) is 1.71. The van der Waals surface area contributed by atoms with Gasteiger partial charge < -0.3 is 15.2 Å². The molecule has 4 nitrogen and oxygen atoms in total. The summed E-state index contributed by atoms with van der Waals surface area (Å²) >= 11 is 0. The number of hydrogen-bond donors (Lipinski definition) is 2. The van der Waals surface area contributed by atoms with Crippen molar-refractivity contribution in [2.24, 2.45) is 5.92 Å². The maximum absolute atomic E-state index is 10.7. The molecular formula is C13H19NO3. The quantitative estimate of drug-likeness (QED) is 0.825. The maximum atomic E-state index is 10.7. The molecule has 1 atom stereocenters. The summed E-state index contributed by atoms with van der Waals surface area (Å²) in [5.41, 5.74) is 3.00. The number of ether oxygens (including phenoxy) is 1. The zero-order chi connectivity index (χ0) is 13.0. The van der Waals surface area contributed by atoms with Gasteiger partial charge in [0.05, 0.1) is 18.7 Å². The fraction of sp³-hybridized carbons (Fsp3) is 0.462. The van der Waals surface area contributed by atoms with Crippen molar-refractivity contribution in [2.45, 2.75) is 20.8 Å². The molecule has 0 spiro atoms. The molecule has 0 aliphatic rings. The Kier molecular flexibility index (Phi) is 4.37. The third-order valence-electron chi connectivity index (χ3n) is 2.64. The van der Waals surface area contributed by atoms with Gasteiger partial charge in [0, 0.05) is 6.54 Å². The van der Waals surface area contributed by atoms with E-state index in [1.807, 2.05) is 26.0 Å². The van der Waals surface area contributed by atoms with Gasteiger partial charge in [0.15, 0.2) is 0 Å². The number of aryl methyl sites for hydroxylation is 2. The van der Waals surface area contributed by atoms with Gasteiger partial charge in [-0.25, -0.2) is 0 Å². The van der Waals surface area contributed by atoms with Crippen LogP contribution in [0.2, 0.25) is 0 Å². The number of nitrogens with one attached hydrogen (secondary N) is 1. The van der Waals surface area contributed by atoms with Crippen molar-refractivity contribution in [2.75, 3.05) is 19.0 Å². The topological polar surface area (TPSA) is 58.6 Å². The van der Waals surface area contributed by atoms with Crippen LogP contribution in [0.25, 0.3) is 0 Å². The van der Waals surface area contributed by atoms with Crippen molar-refractivity contribution in [3.63, 3.8) is 0 Å². The zero-order valence-corrected chi connectivity index (χ0v) is 10.7. The van der Waals surface area contributed by atoms with Crippen LogP contribution in [0.5, 0.6) is 5.75 Å². The Labute approximate surface area is 102 Å². The van der Waals surface area contributed by atoms with E-state index in [9.17, 15) is 4.79 Å². The van der Waals surface area contributed by atoms with Gasteiger partial charge in [-0.1, -0.05) is 13.0 Å². The van der Waals surface area contributed by atoms with Crippen LogP contribution in [0, 0.1) is 19.8 Å². The van der Waals surface area contributed by atoms with E-state index < -0.39 is 11.9 Å². The molecular weight excluding hydrogens is 218 g/mol. The number of hydrogen-bond acceptors (Lipinski definition) is 3. The number of rotatable bonds is 5. The first-order valence-corrected chi connectivity index (χ1v) is 5.57. The van der Waals surface area contributed by atoms with E-state index >= 15 is 0 Å². The molecule has 1 rings (SSSR count). The van der Waals surface area contributed by atoms with Crippen molar-refractivity contribution in [3.8, 4) is 5.75 Å². The minimum Gasteiger partial charge on any atom is -0.494 e. The van der Waals surface area contributed by atoms with E-state index in [1.165, 1.54) is 0 Å². The smallest absolute Gasteiger partial charge is 0.308 e. The molecule has 0 saturated carbocycles. The summed E-state index contributed by atoms with van der Waals surface area (Å²) in [6.45, 7) is 6.02. The molecule has 1 unspecified atom stereocenters. The summed E-state index contributed by atoms with van der Waals surface area (Å²) in [4.78, 5) is 10.7. The maximum Gasteiger partial charge on any atom is 0.308 e. The Bertz CT molecular complexity index is 415. The molecule has 0 aliphatic carbocycles. The predicted molar refractivity (Wildman–Crippen MR) is 67.8 cm³/mol. The summed E-state index contributed by atoms with van der Waals surface area (Å²) in [6, 6.07) is 3.99. The summed E-state index contributed by atoms with van der Waals surface area (Å²) in [7, 11) is 1.61. The standard InChI is InChI=1S/C13H19NO3/c1-8-5-9(2)12(17-4)11(6-8)14-7-10(3)13(15)16/h5-6,10,14H,7H2,1-4H3,(H,15,16). The molecule has 1 aromatic carbocycles. The number of carbonyl (C=O) groups is 1. The highest BCUT2D eigenvalue weighted by molar-refractivity contribution is 5.71. The van der Waals surface area contributed by atoms with Crippen molar-refractivity contribution in [1.29, 1.82) is 0 Å². The summed E-state index contributed by atoms with van der Waals surface area (Å²) in [5.74, 6) is -0.463. The first kappa shape index (κ1) is 13.4. The third-order valence-corrected chi connectivity index (χ3v) is 2.64. The van der Waals surface area contributed by atoms with Gasteiger partial charge >= 0.3 is 5.97 Å². The molecule has 0 aliphatic heterocycles. The normalized spacial score (nSPS) is 12.0. The monoisotopic (exact) mass is 237 g/mol. The Hall–Kier alpha value is -1.71.